The van der Waals surface area contributed by atoms with Gasteiger partial charge in [-0.05, 0) is 17.7 Å². The number of nitrogens with zero attached hydrogens (tertiary/aromatic N) is 1. The monoisotopic (exact) mass is 198 g/mol. The molecule has 3 nitrogen and oxygen atoms in total. The average Bonchev–Trinajstić information content (AvgIpc) is 2.17. The molecule has 1 aromatic carbocycles. The first-order chi connectivity index (χ1) is 6.56. The molecule has 0 spiro atoms. The predicted octanol–water partition coefficient (Wildman–Crippen LogP) is 0.884. The molecule has 3 N–H and O–H groups in total. The van der Waals surface area contributed by atoms with E-state index in [1.54, 1.807) is 31.1 Å². The predicted molar refractivity (Wildman–Crippen MR) is 54.7 cm³/mol. The Morgan fingerprint density at radius 1 is 1.50 bits per heavy atom. The third-order valence-corrected chi connectivity index (χ3v) is 2.08. The van der Waals surface area contributed by atoms with E-state index in [0.29, 0.717) is 5.69 Å². The molecule has 0 aliphatic carbocycles. The minimum absolute atomic E-state index is 0.140. The van der Waals surface area contributed by atoms with Gasteiger partial charge in [0.15, 0.2) is 0 Å². The lowest BCUT2D eigenvalue weighted by Gasteiger charge is -2.16. The molecule has 0 heterocycles. The number of halogens is 1. The number of hydrogen-bond donors (Lipinski definition) is 2. The molecule has 0 fully saturated rings. The maximum Gasteiger partial charge on any atom is 0.146 e. The third-order valence-electron chi connectivity index (χ3n) is 2.08. The van der Waals surface area contributed by atoms with E-state index < -0.39 is 6.04 Å². The van der Waals surface area contributed by atoms with Crippen molar-refractivity contribution in [1.82, 2.24) is 0 Å². The summed E-state index contributed by atoms with van der Waals surface area (Å²) in [6.45, 7) is -0.140. The molecule has 1 unspecified atom stereocenters. The fraction of sp³-hybridized carbons (Fsp3) is 0.400. The van der Waals surface area contributed by atoms with Crippen molar-refractivity contribution in [2.45, 2.75) is 6.04 Å². The molecule has 14 heavy (non-hydrogen) atoms. The SMILES string of the molecule is CN(C)c1cc(C(N)CO)ccc1F. The summed E-state index contributed by atoms with van der Waals surface area (Å²) in [5.41, 5.74) is 6.83. The quantitative estimate of drug-likeness (QED) is 0.758. The van der Waals surface area contributed by atoms with Crippen LogP contribution >= 0.6 is 0 Å². The standard InChI is InChI=1S/C10H15FN2O/c1-13(2)10-5-7(9(12)6-14)3-4-8(10)11/h3-5,9,14H,6,12H2,1-2H3. The van der Waals surface area contributed by atoms with Gasteiger partial charge in [-0.3, -0.25) is 0 Å². The van der Waals surface area contributed by atoms with Crippen LogP contribution in [0.4, 0.5) is 10.1 Å². The van der Waals surface area contributed by atoms with E-state index >= 15 is 0 Å². The molecule has 0 radical (unpaired) electrons. The molecule has 0 aromatic heterocycles. The lowest BCUT2D eigenvalue weighted by molar-refractivity contribution is 0.268. The van der Waals surface area contributed by atoms with E-state index in [1.165, 1.54) is 6.07 Å². The molecular weight excluding hydrogens is 183 g/mol. The maximum absolute atomic E-state index is 13.2. The van der Waals surface area contributed by atoms with E-state index in [1.807, 2.05) is 0 Å². The Hall–Kier alpha value is -1.13. The van der Waals surface area contributed by atoms with Crippen LogP contribution in [0.1, 0.15) is 11.6 Å². The summed E-state index contributed by atoms with van der Waals surface area (Å²) in [4.78, 5) is 1.67. The van der Waals surface area contributed by atoms with Crippen LogP contribution in [0.15, 0.2) is 18.2 Å². The van der Waals surface area contributed by atoms with Gasteiger partial charge in [-0.2, -0.15) is 0 Å². The number of rotatable bonds is 3. The van der Waals surface area contributed by atoms with Gasteiger partial charge in [-0.25, -0.2) is 4.39 Å². The van der Waals surface area contributed by atoms with Crippen molar-refractivity contribution in [3.8, 4) is 0 Å². The number of aliphatic hydroxyl groups is 1. The Morgan fingerprint density at radius 2 is 2.14 bits per heavy atom. The van der Waals surface area contributed by atoms with Crippen molar-refractivity contribution in [2.75, 3.05) is 25.6 Å². The first-order valence-electron chi connectivity index (χ1n) is 4.39. The van der Waals surface area contributed by atoms with E-state index in [-0.39, 0.29) is 12.4 Å². The highest BCUT2D eigenvalue weighted by molar-refractivity contribution is 5.49. The van der Waals surface area contributed by atoms with Crippen LogP contribution in [0.3, 0.4) is 0 Å². The number of benzene rings is 1. The Balaban J connectivity index is 3.06. The zero-order chi connectivity index (χ0) is 10.7. The average molecular weight is 198 g/mol. The molecule has 0 bridgehead atoms. The number of nitrogens with two attached hydrogens (primary N) is 1. The smallest absolute Gasteiger partial charge is 0.146 e. The van der Waals surface area contributed by atoms with Gasteiger partial charge in [-0.15, -0.1) is 0 Å². The molecular formula is C10H15FN2O. The number of hydrogen-bond acceptors (Lipinski definition) is 3. The second kappa shape index (κ2) is 4.39. The molecule has 0 amide bonds. The van der Waals surface area contributed by atoms with Crippen LogP contribution in [0.5, 0.6) is 0 Å². The Labute approximate surface area is 83.0 Å². The summed E-state index contributed by atoms with van der Waals surface area (Å²) in [6, 6.07) is 4.15. The second-order valence-corrected chi connectivity index (χ2v) is 3.39. The maximum atomic E-state index is 13.2. The van der Waals surface area contributed by atoms with Gasteiger partial charge in [0, 0.05) is 14.1 Å². The molecule has 1 rings (SSSR count). The highest BCUT2D eigenvalue weighted by atomic mass is 19.1. The molecule has 0 aliphatic rings. The van der Waals surface area contributed by atoms with Crippen molar-refractivity contribution in [3.05, 3.63) is 29.6 Å². The van der Waals surface area contributed by atoms with Crippen LogP contribution in [0.2, 0.25) is 0 Å². The largest absolute Gasteiger partial charge is 0.394 e. The lowest BCUT2D eigenvalue weighted by atomic mass is 10.1. The van der Waals surface area contributed by atoms with E-state index in [0.717, 1.165) is 5.56 Å². The lowest BCUT2D eigenvalue weighted by Crippen LogP contribution is -2.16. The van der Waals surface area contributed by atoms with Crippen molar-refractivity contribution in [3.63, 3.8) is 0 Å². The van der Waals surface area contributed by atoms with Crippen LogP contribution in [0, 0.1) is 5.82 Å². The normalized spacial score (nSPS) is 12.6. The summed E-state index contributed by atoms with van der Waals surface area (Å²) in [6.07, 6.45) is 0. The van der Waals surface area contributed by atoms with Gasteiger partial charge >= 0.3 is 0 Å². The molecule has 1 aromatic rings. The summed E-state index contributed by atoms with van der Waals surface area (Å²) in [5, 5.41) is 8.85. The van der Waals surface area contributed by atoms with Gasteiger partial charge in [0.1, 0.15) is 5.82 Å². The van der Waals surface area contributed by atoms with Crippen molar-refractivity contribution >= 4 is 5.69 Å². The van der Waals surface area contributed by atoms with Crippen LogP contribution in [-0.2, 0) is 0 Å². The summed E-state index contributed by atoms with van der Waals surface area (Å²) in [7, 11) is 3.51. The molecule has 0 aliphatic heterocycles. The van der Waals surface area contributed by atoms with Gasteiger partial charge in [0.2, 0.25) is 0 Å². The van der Waals surface area contributed by atoms with E-state index in [4.69, 9.17) is 10.8 Å². The Morgan fingerprint density at radius 3 is 2.64 bits per heavy atom. The number of aliphatic hydroxyl groups excluding tert-OH is 1. The zero-order valence-corrected chi connectivity index (χ0v) is 8.37. The van der Waals surface area contributed by atoms with Gasteiger partial charge < -0.3 is 15.7 Å². The van der Waals surface area contributed by atoms with Gasteiger partial charge in [0.25, 0.3) is 0 Å². The minimum atomic E-state index is -0.450. The van der Waals surface area contributed by atoms with Crippen molar-refractivity contribution in [2.24, 2.45) is 5.73 Å². The van der Waals surface area contributed by atoms with Crippen molar-refractivity contribution in [1.29, 1.82) is 0 Å². The van der Waals surface area contributed by atoms with Crippen molar-refractivity contribution < 1.29 is 9.50 Å². The first-order valence-corrected chi connectivity index (χ1v) is 4.39. The van der Waals surface area contributed by atoms with Crippen LogP contribution < -0.4 is 10.6 Å². The topological polar surface area (TPSA) is 49.5 Å². The fourth-order valence-corrected chi connectivity index (χ4v) is 1.21. The zero-order valence-electron chi connectivity index (χ0n) is 8.37. The van der Waals surface area contributed by atoms with Crippen LogP contribution in [-0.4, -0.2) is 25.8 Å². The minimum Gasteiger partial charge on any atom is -0.394 e. The molecule has 78 valence electrons. The van der Waals surface area contributed by atoms with Crippen LogP contribution in [0.25, 0.3) is 0 Å². The number of anilines is 1. The first kappa shape index (κ1) is 10.9. The highest BCUT2D eigenvalue weighted by Crippen LogP contribution is 2.21. The third kappa shape index (κ3) is 2.21. The second-order valence-electron chi connectivity index (χ2n) is 3.39. The highest BCUT2D eigenvalue weighted by Gasteiger charge is 2.09. The summed E-state index contributed by atoms with van der Waals surface area (Å²) >= 11 is 0. The van der Waals surface area contributed by atoms with Gasteiger partial charge in [-0.1, -0.05) is 6.07 Å². The Kier molecular flexibility index (Phi) is 3.43. The van der Waals surface area contributed by atoms with Gasteiger partial charge in [0.05, 0.1) is 18.3 Å². The molecule has 4 heteroatoms. The molecule has 0 saturated carbocycles. The summed E-state index contributed by atoms with van der Waals surface area (Å²) < 4.78 is 13.2. The fourth-order valence-electron chi connectivity index (χ4n) is 1.21. The van der Waals surface area contributed by atoms with E-state index in [2.05, 4.69) is 0 Å². The molecule has 0 saturated heterocycles. The van der Waals surface area contributed by atoms with E-state index in [9.17, 15) is 4.39 Å². The molecule has 1 atom stereocenters. The summed E-state index contributed by atoms with van der Waals surface area (Å²) in [5.74, 6) is -0.288. The Bertz CT molecular complexity index is 315.